The minimum atomic E-state index is -0.764. The number of alkyl carbamates (subject to hydrolysis) is 1. The Hall–Kier alpha value is -2.57. The molecule has 0 saturated heterocycles. The number of benzene rings is 1. The van der Waals surface area contributed by atoms with Gasteiger partial charge in [-0.1, -0.05) is 31.5 Å². The second kappa shape index (κ2) is 11.6. The molecular weight excluding hydrogens is 382 g/mol. The summed E-state index contributed by atoms with van der Waals surface area (Å²) in [5, 5.41) is 5.44. The van der Waals surface area contributed by atoms with E-state index in [0.29, 0.717) is 13.1 Å². The van der Waals surface area contributed by atoms with Crippen LogP contribution in [0, 0.1) is 13.8 Å². The molecule has 1 rings (SSSR count). The van der Waals surface area contributed by atoms with E-state index in [9.17, 15) is 14.4 Å². The molecule has 0 bridgehead atoms. The van der Waals surface area contributed by atoms with Crippen LogP contribution in [0.4, 0.5) is 4.79 Å². The summed E-state index contributed by atoms with van der Waals surface area (Å²) in [4.78, 5) is 39.5. The van der Waals surface area contributed by atoms with Crippen LogP contribution >= 0.6 is 0 Å². The first kappa shape index (κ1) is 25.5. The van der Waals surface area contributed by atoms with E-state index < -0.39 is 17.7 Å². The number of nitrogens with one attached hydrogen (secondary N) is 2. The highest BCUT2D eigenvalue weighted by molar-refractivity contribution is 5.90. The van der Waals surface area contributed by atoms with Crippen LogP contribution in [0.5, 0.6) is 0 Å². The van der Waals surface area contributed by atoms with Gasteiger partial charge < -0.3 is 20.3 Å². The van der Waals surface area contributed by atoms with Crippen molar-refractivity contribution in [3.63, 3.8) is 0 Å². The fourth-order valence-electron chi connectivity index (χ4n) is 3.07. The topological polar surface area (TPSA) is 87.7 Å². The van der Waals surface area contributed by atoms with Crippen molar-refractivity contribution in [3.05, 3.63) is 34.9 Å². The summed E-state index contributed by atoms with van der Waals surface area (Å²) in [5.74, 6) is -0.565. The molecule has 7 heteroatoms. The summed E-state index contributed by atoms with van der Waals surface area (Å²) in [6.45, 7) is 13.7. The van der Waals surface area contributed by atoms with Gasteiger partial charge in [0.05, 0.1) is 0 Å². The number of carbonyl (C=O) groups excluding carboxylic acids is 3. The Morgan fingerprint density at radius 2 is 1.77 bits per heavy atom. The molecule has 0 heterocycles. The minimum absolute atomic E-state index is 0.218. The molecule has 1 aromatic rings. The summed E-state index contributed by atoms with van der Waals surface area (Å²) in [5.41, 5.74) is 2.16. The van der Waals surface area contributed by atoms with Crippen LogP contribution in [0.2, 0.25) is 0 Å². The zero-order valence-corrected chi connectivity index (χ0v) is 19.4. The number of rotatable bonds is 9. The third-order valence-electron chi connectivity index (χ3n) is 4.77. The van der Waals surface area contributed by atoms with Crippen LogP contribution in [0.15, 0.2) is 18.2 Å². The van der Waals surface area contributed by atoms with E-state index >= 15 is 0 Å². The van der Waals surface area contributed by atoms with Crippen molar-refractivity contribution in [1.29, 1.82) is 0 Å². The maximum Gasteiger partial charge on any atom is 0.408 e. The average molecular weight is 420 g/mol. The Kier molecular flexibility index (Phi) is 9.82. The van der Waals surface area contributed by atoms with Crippen LogP contribution in [-0.2, 0) is 14.3 Å². The standard InChI is InChI=1S/C23H37N3O4/c1-8-10-14-24-21(28)20(18-13-11-12-16(3)17(18)4)26(9-2)19(27)15-25-22(29)30-23(5,6)7/h11-13,20H,8-10,14-15H2,1-7H3,(H,24,28)(H,25,29). The van der Waals surface area contributed by atoms with E-state index in [1.165, 1.54) is 4.90 Å². The van der Waals surface area contributed by atoms with Crippen molar-refractivity contribution in [2.45, 2.75) is 73.0 Å². The molecule has 168 valence electrons. The fourth-order valence-corrected chi connectivity index (χ4v) is 3.07. The quantitative estimate of drug-likeness (QED) is 0.598. The third kappa shape index (κ3) is 7.69. The predicted molar refractivity (Wildman–Crippen MR) is 118 cm³/mol. The van der Waals surface area contributed by atoms with Gasteiger partial charge in [-0.3, -0.25) is 9.59 Å². The molecule has 7 nitrogen and oxygen atoms in total. The second-order valence-electron chi connectivity index (χ2n) is 8.37. The van der Waals surface area contributed by atoms with Crippen molar-refractivity contribution < 1.29 is 19.1 Å². The fraction of sp³-hybridized carbons (Fsp3) is 0.609. The SMILES string of the molecule is CCCCNC(=O)C(c1cccc(C)c1C)N(CC)C(=O)CNC(=O)OC(C)(C)C. The lowest BCUT2D eigenvalue weighted by Crippen LogP contribution is -2.48. The van der Waals surface area contributed by atoms with E-state index in [1.54, 1.807) is 20.8 Å². The van der Waals surface area contributed by atoms with Crippen molar-refractivity contribution in [3.8, 4) is 0 Å². The van der Waals surface area contributed by atoms with Gasteiger partial charge >= 0.3 is 6.09 Å². The van der Waals surface area contributed by atoms with Gasteiger partial charge in [0, 0.05) is 13.1 Å². The summed E-state index contributed by atoms with van der Waals surface area (Å²) in [6, 6.07) is 4.98. The molecule has 1 aromatic carbocycles. The van der Waals surface area contributed by atoms with Crippen molar-refractivity contribution in [1.82, 2.24) is 15.5 Å². The van der Waals surface area contributed by atoms with Crippen molar-refractivity contribution in [2.24, 2.45) is 0 Å². The number of carbonyl (C=O) groups is 3. The van der Waals surface area contributed by atoms with Gasteiger partial charge in [-0.05, 0) is 64.7 Å². The Morgan fingerprint density at radius 3 is 2.33 bits per heavy atom. The van der Waals surface area contributed by atoms with E-state index in [0.717, 1.165) is 29.5 Å². The number of aryl methyl sites for hydroxylation is 1. The van der Waals surface area contributed by atoms with Crippen LogP contribution < -0.4 is 10.6 Å². The molecule has 1 unspecified atom stereocenters. The summed E-state index contributed by atoms with van der Waals surface area (Å²) in [7, 11) is 0. The molecule has 1 atom stereocenters. The number of hydrogen-bond acceptors (Lipinski definition) is 4. The molecular formula is C23H37N3O4. The van der Waals surface area contributed by atoms with E-state index in [4.69, 9.17) is 4.74 Å². The Morgan fingerprint density at radius 1 is 1.10 bits per heavy atom. The summed E-state index contributed by atoms with van der Waals surface area (Å²) >= 11 is 0. The lowest BCUT2D eigenvalue weighted by atomic mass is 9.95. The first-order valence-electron chi connectivity index (χ1n) is 10.6. The maximum atomic E-state index is 13.1. The Labute approximate surface area is 180 Å². The first-order valence-corrected chi connectivity index (χ1v) is 10.6. The van der Waals surface area contributed by atoms with Crippen LogP contribution in [-0.4, -0.2) is 48.0 Å². The normalized spacial score (nSPS) is 12.1. The molecule has 3 amide bonds. The molecule has 0 radical (unpaired) electrons. The number of ether oxygens (including phenoxy) is 1. The molecule has 0 aromatic heterocycles. The van der Waals surface area contributed by atoms with Crippen LogP contribution in [0.1, 0.15) is 70.2 Å². The predicted octanol–water partition coefficient (Wildman–Crippen LogP) is 3.63. The molecule has 0 aliphatic heterocycles. The maximum absolute atomic E-state index is 13.1. The summed E-state index contributed by atoms with van der Waals surface area (Å²) in [6.07, 6.45) is 1.17. The second-order valence-corrected chi connectivity index (χ2v) is 8.37. The molecule has 0 aliphatic carbocycles. The molecule has 2 N–H and O–H groups in total. The highest BCUT2D eigenvalue weighted by atomic mass is 16.6. The molecule has 0 fully saturated rings. The molecule has 0 aliphatic rings. The monoisotopic (exact) mass is 419 g/mol. The minimum Gasteiger partial charge on any atom is -0.444 e. The smallest absolute Gasteiger partial charge is 0.408 e. The van der Waals surface area contributed by atoms with Gasteiger partial charge in [0.15, 0.2) is 0 Å². The van der Waals surface area contributed by atoms with Crippen molar-refractivity contribution >= 4 is 17.9 Å². The Bertz CT molecular complexity index is 740. The lowest BCUT2D eigenvalue weighted by Gasteiger charge is -2.32. The largest absolute Gasteiger partial charge is 0.444 e. The van der Waals surface area contributed by atoms with Gasteiger partial charge in [-0.15, -0.1) is 0 Å². The molecule has 30 heavy (non-hydrogen) atoms. The van der Waals surface area contributed by atoms with Gasteiger partial charge in [-0.25, -0.2) is 4.79 Å². The lowest BCUT2D eigenvalue weighted by molar-refractivity contribution is -0.140. The highest BCUT2D eigenvalue weighted by Gasteiger charge is 2.31. The van der Waals surface area contributed by atoms with Gasteiger partial charge in [0.25, 0.3) is 0 Å². The van der Waals surface area contributed by atoms with Crippen LogP contribution in [0.3, 0.4) is 0 Å². The van der Waals surface area contributed by atoms with E-state index in [2.05, 4.69) is 17.6 Å². The first-order chi connectivity index (χ1) is 14.0. The number of hydrogen-bond donors (Lipinski definition) is 2. The number of likely N-dealkylation sites (N-methyl/N-ethyl adjacent to an activating group) is 1. The van der Waals surface area contributed by atoms with E-state index in [1.807, 2.05) is 39.0 Å². The van der Waals surface area contributed by atoms with Gasteiger partial charge in [-0.2, -0.15) is 0 Å². The number of nitrogens with zero attached hydrogens (tertiary/aromatic N) is 1. The number of amides is 3. The van der Waals surface area contributed by atoms with Crippen molar-refractivity contribution in [2.75, 3.05) is 19.6 Å². The van der Waals surface area contributed by atoms with Gasteiger partial charge in [0.1, 0.15) is 18.2 Å². The molecule has 0 saturated carbocycles. The van der Waals surface area contributed by atoms with E-state index in [-0.39, 0.29) is 18.4 Å². The zero-order chi connectivity index (χ0) is 22.9. The summed E-state index contributed by atoms with van der Waals surface area (Å²) < 4.78 is 5.19. The third-order valence-corrected chi connectivity index (χ3v) is 4.77. The Balaban J connectivity index is 3.09. The average Bonchev–Trinajstić information content (AvgIpc) is 2.65. The highest BCUT2D eigenvalue weighted by Crippen LogP contribution is 2.26. The van der Waals surface area contributed by atoms with Crippen LogP contribution in [0.25, 0.3) is 0 Å². The van der Waals surface area contributed by atoms with Gasteiger partial charge in [0.2, 0.25) is 11.8 Å². The number of unbranched alkanes of at least 4 members (excludes halogenated alkanes) is 1. The molecule has 0 spiro atoms. The zero-order valence-electron chi connectivity index (χ0n) is 19.4.